The van der Waals surface area contributed by atoms with Crippen molar-refractivity contribution >= 4 is 16.7 Å². The van der Waals surface area contributed by atoms with Crippen LogP contribution in [0.3, 0.4) is 0 Å². The highest BCUT2D eigenvalue weighted by Gasteiger charge is 2.17. The fraction of sp³-hybridized carbons (Fsp3) is 0.412. The molecule has 1 aromatic carbocycles. The monoisotopic (exact) mass is 368 g/mol. The average Bonchev–Trinajstić information content (AvgIpc) is 2.92. The van der Waals surface area contributed by atoms with Gasteiger partial charge in [0.05, 0.1) is 17.0 Å². The summed E-state index contributed by atoms with van der Waals surface area (Å²) in [7, 11) is 0.163. The molecule has 0 aliphatic carbocycles. The summed E-state index contributed by atoms with van der Waals surface area (Å²) >= 11 is 0. The van der Waals surface area contributed by atoms with Gasteiger partial charge in [-0.05, 0) is 25.5 Å². The van der Waals surface area contributed by atoms with Gasteiger partial charge in [-0.15, -0.1) is 0 Å². The lowest BCUT2D eigenvalue weighted by atomic mass is 10.2. The Hall–Kier alpha value is -2.06. The first-order chi connectivity index (χ1) is 12.0. The number of carbonyl (C=O) groups is 1. The van der Waals surface area contributed by atoms with Crippen LogP contribution < -0.4 is 5.32 Å². The van der Waals surface area contributed by atoms with Crippen LogP contribution in [0.4, 0.5) is 4.39 Å². The minimum atomic E-state index is -1.43. The Balaban J connectivity index is 1.93. The van der Waals surface area contributed by atoms with Gasteiger partial charge < -0.3 is 14.5 Å². The van der Waals surface area contributed by atoms with Crippen LogP contribution in [0.1, 0.15) is 17.9 Å². The van der Waals surface area contributed by atoms with Crippen LogP contribution >= 0.6 is 0 Å². The molecule has 0 bridgehead atoms. The molecule has 0 aliphatic heterocycles. The van der Waals surface area contributed by atoms with Gasteiger partial charge in [0.25, 0.3) is 0 Å². The number of oxazole rings is 1. The number of methoxy groups -OCH3 is 1. The van der Waals surface area contributed by atoms with Crippen LogP contribution in [0.2, 0.25) is 0 Å². The van der Waals surface area contributed by atoms with Crippen molar-refractivity contribution in [3.63, 3.8) is 0 Å². The normalized spacial score (nSPS) is 12.1. The third kappa shape index (κ3) is 5.75. The van der Waals surface area contributed by atoms with Gasteiger partial charge >= 0.3 is 0 Å². The molecule has 2 rings (SSSR count). The Morgan fingerprint density at radius 1 is 1.40 bits per heavy atom. The lowest BCUT2D eigenvalue weighted by Crippen LogP contribution is -2.30. The molecule has 1 heterocycles. The van der Waals surface area contributed by atoms with E-state index in [-0.39, 0.29) is 28.9 Å². The first-order valence-corrected chi connectivity index (χ1v) is 9.32. The summed E-state index contributed by atoms with van der Waals surface area (Å²) in [6.07, 6.45) is 0.698. The van der Waals surface area contributed by atoms with Crippen molar-refractivity contribution in [1.29, 1.82) is 0 Å². The van der Waals surface area contributed by atoms with E-state index in [0.29, 0.717) is 31.0 Å². The number of amides is 1. The van der Waals surface area contributed by atoms with Gasteiger partial charge in [0.2, 0.25) is 11.8 Å². The van der Waals surface area contributed by atoms with E-state index in [2.05, 4.69) is 10.3 Å². The van der Waals surface area contributed by atoms with E-state index in [1.165, 1.54) is 6.07 Å². The molecule has 25 heavy (non-hydrogen) atoms. The molecule has 0 radical (unpaired) electrons. The van der Waals surface area contributed by atoms with Gasteiger partial charge in [-0.1, -0.05) is 12.1 Å². The molecule has 0 spiro atoms. The van der Waals surface area contributed by atoms with Gasteiger partial charge in [-0.2, -0.15) is 0 Å². The van der Waals surface area contributed by atoms with Crippen molar-refractivity contribution in [2.24, 2.45) is 0 Å². The number of hydrogen-bond donors (Lipinski definition) is 1. The fourth-order valence-corrected chi connectivity index (χ4v) is 3.23. The molecular weight excluding hydrogens is 347 g/mol. The predicted molar refractivity (Wildman–Crippen MR) is 92.9 cm³/mol. The number of benzene rings is 1. The Morgan fingerprint density at radius 2 is 2.16 bits per heavy atom. The number of aryl methyl sites for hydroxylation is 1. The number of ether oxygens (including phenoxy) is 1. The second-order valence-corrected chi connectivity index (χ2v) is 6.88. The lowest BCUT2D eigenvalue weighted by molar-refractivity contribution is -0.118. The second-order valence-electron chi connectivity index (χ2n) is 5.43. The summed E-state index contributed by atoms with van der Waals surface area (Å²) < 4.78 is 36.3. The average molecular weight is 368 g/mol. The van der Waals surface area contributed by atoms with Crippen molar-refractivity contribution in [1.82, 2.24) is 10.3 Å². The lowest BCUT2D eigenvalue weighted by Gasteiger charge is -2.04. The number of nitrogens with zero attached hydrogens (tertiary/aromatic N) is 1. The smallest absolute Gasteiger partial charge is 0.232 e. The highest BCUT2D eigenvalue weighted by atomic mass is 32.2. The number of aromatic nitrogens is 1. The largest absolute Gasteiger partial charge is 0.441 e. The minimum absolute atomic E-state index is 0.0786. The predicted octanol–water partition coefficient (Wildman–Crippen LogP) is 2.19. The quantitative estimate of drug-likeness (QED) is 0.686. The molecule has 0 unspecified atom stereocenters. The number of rotatable bonds is 9. The molecule has 8 heteroatoms. The SMILES string of the molecule is COCCCNC(=O)C[S@@](=O)Cc1nc(-c2ccccc2F)oc1C. The Kier molecular flexibility index (Phi) is 7.27. The molecule has 1 atom stereocenters. The van der Waals surface area contributed by atoms with E-state index >= 15 is 0 Å². The first-order valence-electron chi connectivity index (χ1n) is 7.83. The second kappa shape index (κ2) is 9.43. The van der Waals surface area contributed by atoms with Gasteiger partial charge in [0.1, 0.15) is 17.3 Å². The molecule has 0 saturated carbocycles. The molecule has 1 amide bonds. The maximum Gasteiger partial charge on any atom is 0.232 e. The van der Waals surface area contributed by atoms with Crippen molar-refractivity contribution in [2.45, 2.75) is 19.1 Å². The van der Waals surface area contributed by atoms with Crippen LogP contribution in [0, 0.1) is 12.7 Å². The van der Waals surface area contributed by atoms with Crippen LogP contribution in [0.5, 0.6) is 0 Å². The summed E-state index contributed by atoms with van der Waals surface area (Å²) in [5.74, 6) is -0.153. The van der Waals surface area contributed by atoms with Crippen molar-refractivity contribution in [3.05, 3.63) is 41.5 Å². The molecule has 0 aliphatic rings. The Labute approximate surface area is 148 Å². The summed E-state index contributed by atoms with van der Waals surface area (Å²) in [4.78, 5) is 16.0. The van der Waals surface area contributed by atoms with Gasteiger partial charge in [-0.25, -0.2) is 9.37 Å². The molecule has 1 aromatic heterocycles. The van der Waals surface area contributed by atoms with Crippen LogP contribution in [0.25, 0.3) is 11.5 Å². The molecule has 0 saturated heterocycles. The Morgan fingerprint density at radius 3 is 2.88 bits per heavy atom. The Bertz CT molecular complexity index is 748. The molecule has 6 nitrogen and oxygen atoms in total. The molecule has 2 aromatic rings. The zero-order valence-electron chi connectivity index (χ0n) is 14.2. The van der Waals surface area contributed by atoms with Crippen molar-refractivity contribution in [3.8, 4) is 11.5 Å². The topological polar surface area (TPSA) is 81.4 Å². The van der Waals surface area contributed by atoms with E-state index in [9.17, 15) is 13.4 Å². The van der Waals surface area contributed by atoms with Gasteiger partial charge in [-0.3, -0.25) is 9.00 Å². The van der Waals surface area contributed by atoms with E-state index in [0.717, 1.165) is 0 Å². The number of halogens is 1. The summed E-state index contributed by atoms with van der Waals surface area (Å²) in [5.41, 5.74) is 0.710. The van der Waals surface area contributed by atoms with Gasteiger partial charge in [0, 0.05) is 31.1 Å². The highest BCUT2D eigenvalue weighted by molar-refractivity contribution is 7.84. The summed E-state index contributed by atoms with van der Waals surface area (Å²) in [6, 6.07) is 6.15. The van der Waals surface area contributed by atoms with E-state index < -0.39 is 16.6 Å². The maximum absolute atomic E-state index is 13.8. The summed E-state index contributed by atoms with van der Waals surface area (Å²) in [5, 5.41) is 2.68. The zero-order valence-corrected chi connectivity index (χ0v) is 15.0. The van der Waals surface area contributed by atoms with Crippen LogP contribution in [0.15, 0.2) is 28.7 Å². The zero-order chi connectivity index (χ0) is 18.2. The van der Waals surface area contributed by atoms with E-state index in [4.69, 9.17) is 9.15 Å². The minimum Gasteiger partial charge on any atom is -0.441 e. The molecular formula is C17H21FN2O4S. The molecule has 1 N–H and O–H groups in total. The number of hydrogen-bond acceptors (Lipinski definition) is 5. The molecule has 0 fully saturated rings. The highest BCUT2D eigenvalue weighted by Crippen LogP contribution is 2.24. The number of carbonyl (C=O) groups excluding carboxylic acids is 1. The van der Waals surface area contributed by atoms with E-state index in [1.807, 2.05) is 0 Å². The number of nitrogens with one attached hydrogen (secondary N) is 1. The van der Waals surface area contributed by atoms with Crippen molar-refractivity contribution < 1.29 is 22.5 Å². The first kappa shape index (κ1) is 19.3. The standard InChI is InChI=1S/C17H21FN2O4S/c1-12-15(10-25(22)11-16(21)19-8-5-9-23-2)20-17(24-12)13-6-3-4-7-14(13)18/h3-4,6-7H,5,8-11H2,1-2H3,(H,19,21)/t25-/m0/s1. The summed E-state index contributed by atoms with van der Waals surface area (Å²) in [6.45, 7) is 2.71. The van der Waals surface area contributed by atoms with Crippen LogP contribution in [-0.2, 0) is 26.1 Å². The third-order valence-electron chi connectivity index (χ3n) is 3.43. The maximum atomic E-state index is 13.8. The third-order valence-corrected chi connectivity index (χ3v) is 4.61. The molecule has 136 valence electrons. The van der Waals surface area contributed by atoms with Gasteiger partial charge in [0.15, 0.2) is 0 Å². The van der Waals surface area contributed by atoms with Crippen LogP contribution in [-0.4, -0.2) is 41.1 Å². The fourth-order valence-electron chi connectivity index (χ4n) is 2.16. The van der Waals surface area contributed by atoms with E-state index in [1.54, 1.807) is 32.2 Å². The van der Waals surface area contributed by atoms with Crippen molar-refractivity contribution in [2.75, 3.05) is 26.0 Å².